The van der Waals surface area contributed by atoms with Gasteiger partial charge in [0.15, 0.2) is 0 Å². The van der Waals surface area contributed by atoms with Crippen LogP contribution in [0.1, 0.15) is 6.42 Å². The van der Waals surface area contributed by atoms with Crippen LogP contribution in [0.25, 0.3) is 28.1 Å². The Balaban J connectivity index is 1.38. The smallest absolute Gasteiger partial charge is 0.215 e. The van der Waals surface area contributed by atoms with Crippen molar-refractivity contribution >= 4 is 32.7 Å². The number of hydrogen-bond donors (Lipinski definition) is 1. The third kappa shape index (κ3) is 4.28. The molecule has 0 aliphatic carbocycles. The van der Waals surface area contributed by atoms with Crippen molar-refractivity contribution in [2.45, 2.75) is 13.0 Å². The number of aliphatic hydroxyl groups excluding tert-OH is 1. The highest BCUT2D eigenvalue weighted by Crippen LogP contribution is 2.28. The zero-order chi connectivity index (χ0) is 21.2. The Bertz CT molecular complexity index is 1160. The van der Waals surface area contributed by atoms with Gasteiger partial charge >= 0.3 is 0 Å². The molecule has 4 aromatic rings. The number of nitrogens with zero attached hydrogens (tertiary/aromatic N) is 5. The summed E-state index contributed by atoms with van der Waals surface area (Å²) in [6, 6.07) is 16.9. The molecule has 0 amide bonds. The van der Waals surface area contributed by atoms with Crippen molar-refractivity contribution < 1.29 is 5.11 Å². The van der Waals surface area contributed by atoms with Gasteiger partial charge in [0.1, 0.15) is 0 Å². The number of rotatable bonds is 7. The van der Waals surface area contributed by atoms with Crippen molar-refractivity contribution in [1.82, 2.24) is 23.8 Å². The third-order valence-corrected chi connectivity index (χ3v) is 6.77. The summed E-state index contributed by atoms with van der Waals surface area (Å²) >= 11 is 3.55. The Morgan fingerprint density at radius 3 is 2.32 bits per heavy atom. The van der Waals surface area contributed by atoms with Crippen LogP contribution in [0, 0.1) is 0 Å². The molecule has 31 heavy (non-hydrogen) atoms. The first-order valence-corrected chi connectivity index (χ1v) is 11.8. The molecule has 7 heteroatoms. The van der Waals surface area contributed by atoms with E-state index in [1.54, 1.807) is 0 Å². The standard InChI is InChI=1S/C24H28BrN5O/c25-20-8-6-19(7-9-20)23-18-30-22-5-2-1-4-21(22)26-24(30)29(23)11-3-10-27-12-14-28(15-13-27)16-17-31/h1-2,4-9,18,31H,3,10-17H2. The summed E-state index contributed by atoms with van der Waals surface area (Å²) in [5, 5.41) is 9.14. The SMILES string of the molecule is OCCN1CCN(CCCn2c(-c3ccc(Br)cc3)cn3c4ccccc4nc23)CC1. The minimum Gasteiger partial charge on any atom is -0.395 e. The molecule has 3 heterocycles. The van der Waals surface area contributed by atoms with E-state index >= 15 is 0 Å². The Hall–Kier alpha value is -2.19. The summed E-state index contributed by atoms with van der Waals surface area (Å²) in [4.78, 5) is 9.83. The van der Waals surface area contributed by atoms with E-state index < -0.39 is 0 Å². The van der Waals surface area contributed by atoms with Gasteiger partial charge in [-0.15, -0.1) is 0 Å². The zero-order valence-electron chi connectivity index (χ0n) is 17.6. The third-order valence-electron chi connectivity index (χ3n) is 6.24. The summed E-state index contributed by atoms with van der Waals surface area (Å²) in [6.07, 6.45) is 3.30. The second-order valence-electron chi connectivity index (χ2n) is 8.20. The summed E-state index contributed by atoms with van der Waals surface area (Å²) in [6.45, 7) is 7.30. The van der Waals surface area contributed by atoms with E-state index in [1.807, 2.05) is 6.07 Å². The van der Waals surface area contributed by atoms with Crippen molar-refractivity contribution in [1.29, 1.82) is 0 Å². The first-order valence-electron chi connectivity index (χ1n) is 11.0. The van der Waals surface area contributed by atoms with Crippen LogP contribution in [-0.4, -0.2) is 74.7 Å². The van der Waals surface area contributed by atoms with Crippen molar-refractivity contribution in [3.63, 3.8) is 0 Å². The van der Waals surface area contributed by atoms with E-state index in [0.717, 1.165) is 73.5 Å². The van der Waals surface area contributed by atoms with E-state index in [1.165, 1.54) is 11.3 Å². The number of imidazole rings is 2. The quantitative estimate of drug-likeness (QED) is 0.437. The molecule has 1 aliphatic rings. The average Bonchev–Trinajstić information content (AvgIpc) is 3.32. The molecule has 5 rings (SSSR count). The predicted octanol–water partition coefficient (Wildman–Crippen LogP) is 3.72. The number of benzene rings is 2. The summed E-state index contributed by atoms with van der Waals surface area (Å²) in [5.74, 6) is 1.01. The monoisotopic (exact) mass is 481 g/mol. The summed E-state index contributed by atoms with van der Waals surface area (Å²) in [7, 11) is 0. The number of β-amino-alcohol motifs (C(OH)–C–C–N with tert-alkyl or cyclic N) is 1. The van der Waals surface area contributed by atoms with Crippen LogP contribution in [0.15, 0.2) is 59.2 Å². The van der Waals surface area contributed by atoms with Crippen LogP contribution in [0.5, 0.6) is 0 Å². The molecule has 0 atom stereocenters. The van der Waals surface area contributed by atoms with Crippen LogP contribution in [0.2, 0.25) is 0 Å². The van der Waals surface area contributed by atoms with Crippen molar-refractivity contribution in [3.05, 3.63) is 59.2 Å². The fourth-order valence-electron chi connectivity index (χ4n) is 4.55. The maximum atomic E-state index is 9.14. The lowest BCUT2D eigenvalue weighted by Gasteiger charge is -2.34. The van der Waals surface area contributed by atoms with Gasteiger partial charge in [-0.05, 0) is 42.8 Å². The molecule has 162 valence electrons. The predicted molar refractivity (Wildman–Crippen MR) is 128 cm³/mol. The number of halogens is 1. The minimum absolute atomic E-state index is 0.251. The molecule has 1 N–H and O–H groups in total. The van der Waals surface area contributed by atoms with Crippen molar-refractivity contribution in [2.75, 3.05) is 45.9 Å². The highest BCUT2D eigenvalue weighted by atomic mass is 79.9. The zero-order valence-corrected chi connectivity index (χ0v) is 19.2. The largest absolute Gasteiger partial charge is 0.395 e. The number of para-hydroxylation sites is 2. The molecule has 6 nitrogen and oxygen atoms in total. The molecule has 2 aromatic heterocycles. The number of fused-ring (bicyclic) bond motifs is 3. The molecule has 2 aromatic carbocycles. The van der Waals surface area contributed by atoms with Crippen LogP contribution in [0.4, 0.5) is 0 Å². The van der Waals surface area contributed by atoms with Gasteiger partial charge in [-0.2, -0.15) is 0 Å². The van der Waals surface area contributed by atoms with Crippen molar-refractivity contribution in [3.8, 4) is 11.3 Å². The van der Waals surface area contributed by atoms with E-state index in [4.69, 9.17) is 10.1 Å². The molecule has 0 spiro atoms. The molecule has 0 saturated carbocycles. The Kier molecular flexibility index (Phi) is 6.09. The second kappa shape index (κ2) is 9.12. The highest BCUT2D eigenvalue weighted by molar-refractivity contribution is 9.10. The lowest BCUT2D eigenvalue weighted by Crippen LogP contribution is -2.47. The van der Waals surface area contributed by atoms with Gasteiger partial charge in [-0.1, -0.05) is 40.2 Å². The first-order chi connectivity index (χ1) is 15.2. The van der Waals surface area contributed by atoms with E-state index in [9.17, 15) is 0 Å². The van der Waals surface area contributed by atoms with Crippen molar-refractivity contribution in [2.24, 2.45) is 0 Å². The van der Waals surface area contributed by atoms with Gasteiger partial charge in [0.2, 0.25) is 5.78 Å². The summed E-state index contributed by atoms with van der Waals surface area (Å²) < 4.78 is 5.68. The Morgan fingerprint density at radius 2 is 1.58 bits per heavy atom. The minimum atomic E-state index is 0.251. The molecule has 1 fully saturated rings. The number of aliphatic hydroxyl groups is 1. The van der Waals surface area contributed by atoms with E-state index in [-0.39, 0.29) is 6.61 Å². The summed E-state index contributed by atoms with van der Waals surface area (Å²) in [5.41, 5.74) is 4.59. The molecular formula is C24H28BrN5O. The maximum absolute atomic E-state index is 9.14. The maximum Gasteiger partial charge on any atom is 0.215 e. The van der Waals surface area contributed by atoms with Gasteiger partial charge in [0.25, 0.3) is 0 Å². The van der Waals surface area contributed by atoms with Crippen LogP contribution in [0.3, 0.4) is 0 Å². The Labute approximate surface area is 190 Å². The first kappa shape index (κ1) is 20.7. The molecule has 1 saturated heterocycles. The average molecular weight is 482 g/mol. The normalized spacial score (nSPS) is 15.9. The number of aromatic nitrogens is 3. The number of aryl methyl sites for hydroxylation is 1. The van der Waals surface area contributed by atoms with Gasteiger partial charge in [-0.25, -0.2) is 4.98 Å². The van der Waals surface area contributed by atoms with Gasteiger partial charge < -0.3 is 14.6 Å². The molecule has 0 radical (unpaired) electrons. The molecule has 0 bridgehead atoms. The fraction of sp³-hybridized carbons (Fsp3) is 0.375. The second-order valence-corrected chi connectivity index (χ2v) is 9.12. The lowest BCUT2D eigenvalue weighted by atomic mass is 10.1. The van der Waals surface area contributed by atoms with Crippen LogP contribution in [-0.2, 0) is 6.54 Å². The highest BCUT2D eigenvalue weighted by Gasteiger charge is 2.18. The van der Waals surface area contributed by atoms with Gasteiger partial charge in [-0.3, -0.25) is 9.30 Å². The van der Waals surface area contributed by atoms with E-state index in [2.05, 4.69) is 83.4 Å². The van der Waals surface area contributed by atoms with Crippen LogP contribution >= 0.6 is 15.9 Å². The van der Waals surface area contributed by atoms with Gasteiger partial charge in [0.05, 0.1) is 23.3 Å². The molecular weight excluding hydrogens is 454 g/mol. The van der Waals surface area contributed by atoms with Gasteiger partial charge in [0, 0.05) is 49.9 Å². The van der Waals surface area contributed by atoms with Crippen LogP contribution < -0.4 is 0 Å². The fourth-order valence-corrected chi connectivity index (χ4v) is 4.82. The number of hydrogen-bond acceptors (Lipinski definition) is 4. The molecule has 1 aliphatic heterocycles. The lowest BCUT2D eigenvalue weighted by molar-refractivity contribution is 0.111. The topological polar surface area (TPSA) is 48.9 Å². The molecule has 0 unspecified atom stereocenters. The Morgan fingerprint density at radius 1 is 0.871 bits per heavy atom. The van der Waals surface area contributed by atoms with E-state index in [0.29, 0.717) is 0 Å². The number of piperazine rings is 1.